The second kappa shape index (κ2) is 8.57. The highest BCUT2D eigenvalue weighted by molar-refractivity contribution is 6.09. The summed E-state index contributed by atoms with van der Waals surface area (Å²) in [6.45, 7) is 2.85. The fraction of sp³-hybridized carbons (Fsp3) is 0.333. The van der Waals surface area contributed by atoms with Gasteiger partial charge < -0.3 is 15.1 Å². The third-order valence-corrected chi connectivity index (χ3v) is 7.47. The Labute approximate surface area is 211 Å². The molecule has 1 aromatic carbocycles. The van der Waals surface area contributed by atoms with Crippen molar-refractivity contribution in [2.24, 2.45) is 5.41 Å². The SMILES string of the molecule is C[C@H]1C(=O)N(CC(=O)Nc2ccc(C(F)F)cc2)c2cc(N3CC4(CC4)C3)nc(F)c2-c2cccnc21. The fourth-order valence-corrected chi connectivity index (χ4v) is 5.19. The lowest BCUT2D eigenvalue weighted by Crippen LogP contribution is -2.49. The summed E-state index contributed by atoms with van der Waals surface area (Å²) in [6, 6.07) is 10.2. The van der Waals surface area contributed by atoms with Crippen molar-refractivity contribution >= 4 is 29.0 Å². The van der Waals surface area contributed by atoms with Gasteiger partial charge in [-0.2, -0.15) is 4.39 Å². The molecule has 1 atom stereocenters. The molecule has 2 fully saturated rings. The van der Waals surface area contributed by atoms with Crippen LogP contribution in [0.2, 0.25) is 0 Å². The van der Waals surface area contributed by atoms with Crippen molar-refractivity contribution in [1.29, 1.82) is 0 Å². The van der Waals surface area contributed by atoms with E-state index in [0.29, 0.717) is 28.2 Å². The van der Waals surface area contributed by atoms with Crippen LogP contribution in [0.25, 0.3) is 11.1 Å². The monoisotopic (exact) mass is 507 g/mol. The Balaban J connectivity index is 1.36. The van der Waals surface area contributed by atoms with E-state index < -0.39 is 36.7 Å². The van der Waals surface area contributed by atoms with Gasteiger partial charge in [0.15, 0.2) is 0 Å². The van der Waals surface area contributed by atoms with Crippen LogP contribution in [0, 0.1) is 11.4 Å². The van der Waals surface area contributed by atoms with Gasteiger partial charge in [0.25, 0.3) is 6.43 Å². The van der Waals surface area contributed by atoms with Crippen molar-refractivity contribution in [3.63, 3.8) is 0 Å². The van der Waals surface area contributed by atoms with Gasteiger partial charge in [-0.05, 0) is 38.0 Å². The molecule has 7 nitrogen and oxygen atoms in total. The van der Waals surface area contributed by atoms with Gasteiger partial charge in [-0.25, -0.2) is 13.8 Å². The molecule has 0 unspecified atom stereocenters. The normalized spacial score (nSPS) is 19.3. The van der Waals surface area contributed by atoms with Crippen molar-refractivity contribution < 1.29 is 22.8 Å². The Bertz CT molecular complexity index is 1400. The molecule has 1 saturated carbocycles. The van der Waals surface area contributed by atoms with Crippen LogP contribution in [0.4, 0.5) is 30.4 Å². The second-order valence-electron chi connectivity index (χ2n) is 10.1. The third kappa shape index (κ3) is 4.10. The summed E-state index contributed by atoms with van der Waals surface area (Å²) in [5.41, 5.74) is 1.71. The van der Waals surface area contributed by atoms with Gasteiger partial charge in [-0.1, -0.05) is 18.2 Å². The maximum absolute atomic E-state index is 15.7. The number of carbonyl (C=O) groups excluding carboxylic acids is 2. The molecule has 1 saturated heterocycles. The molecule has 2 amide bonds. The molecule has 2 aliphatic heterocycles. The third-order valence-electron chi connectivity index (χ3n) is 7.47. The molecule has 6 rings (SSSR count). The van der Waals surface area contributed by atoms with Gasteiger partial charge in [-0.3, -0.25) is 14.6 Å². The zero-order valence-electron chi connectivity index (χ0n) is 20.0. The number of rotatable bonds is 5. The molecule has 1 aliphatic carbocycles. The highest BCUT2D eigenvalue weighted by Crippen LogP contribution is 2.54. The Morgan fingerprint density at radius 3 is 2.59 bits per heavy atom. The van der Waals surface area contributed by atoms with E-state index >= 15 is 4.39 Å². The molecule has 0 bridgehead atoms. The van der Waals surface area contributed by atoms with Crippen LogP contribution in [0.15, 0.2) is 48.7 Å². The minimum Gasteiger partial charge on any atom is -0.355 e. The van der Waals surface area contributed by atoms with E-state index in [9.17, 15) is 18.4 Å². The van der Waals surface area contributed by atoms with Crippen molar-refractivity contribution in [3.8, 4) is 11.1 Å². The van der Waals surface area contributed by atoms with Gasteiger partial charge in [0.05, 0.1) is 22.9 Å². The van der Waals surface area contributed by atoms with Gasteiger partial charge in [0.1, 0.15) is 12.4 Å². The Hall–Kier alpha value is -3.95. The number of benzene rings is 1. The van der Waals surface area contributed by atoms with Gasteiger partial charge >= 0.3 is 0 Å². The topological polar surface area (TPSA) is 78.4 Å². The molecule has 3 aromatic rings. The summed E-state index contributed by atoms with van der Waals surface area (Å²) < 4.78 is 41.4. The van der Waals surface area contributed by atoms with Crippen LogP contribution in [-0.4, -0.2) is 41.4 Å². The molecule has 4 heterocycles. The van der Waals surface area contributed by atoms with E-state index in [1.807, 2.05) is 4.90 Å². The smallest absolute Gasteiger partial charge is 0.263 e. The number of hydrogen-bond acceptors (Lipinski definition) is 5. The summed E-state index contributed by atoms with van der Waals surface area (Å²) in [4.78, 5) is 38.5. The van der Waals surface area contributed by atoms with E-state index in [2.05, 4.69) is 15.3 Å². The Morgan fingerprint density at radius 2 is 1.92 bits per heavy atom. The maximum Gasteiger partial charge on any atom is 0.263 e. The Kier molecular flexibility index (Phi) is 5.43. The highest BCUT2D eigenvalue weighted by atomic mass is 19.3. The number of amides is 2. The first-order valence-corrected chi connectivity index (χ1v) is 12.1. The molecule has 0 radical (unpaired) electrons. The van der Waals surface area contributed by atoms with Crippen LogP contribution in [0.1, 0.15) is 43.4 Å². The zero-order chi connectivity index (χ0) is 25.9. The second-order valence-corrected chi connectivity index (χ2v) is 10.1. The van der Waals surface area contributed by atoms with Crippen molar-refractivity contribution in [1.82, 2.24) is 9.97 Å². The number of nitrogens with one attached hydrogen (secondary N) is 1. The van der Waals surface area contributed by atoms with Crippen molar-refractivity contribution in [2.45, 2.75) is 32.1 Å². The summed E-state index contributed by atoms with van der Waals surface area (Å²) in [6.07, 6.45) is 1.22. The summed E-state index contributed by atoms with van der Waals surface area (Å²) in [5.74, 6) is -1.98. The molecule has 10 heteroatoms. The fourth-order valence-electron chi connectivity index (χ4n) is 5.19. The van der Waals surface area contributed by atoms with Gasteiger partial charge in [0, 0.05) is 47.6 Å². The number of hydrogen-bond donors (Lipinski definition) is 1. The van der Waals surface area contributed by atoms with Crippen LogP contribution in [0.3, 0.4) is 0 Å². The number of halogens is 3. The number of fused-ring (bicyclic) bond motifs is 3. The van der Waals surface area contributed by atoms with E-state index in [-0.39, 0.29) is 16.8 Å². The van der Waals surface area contributed by atoms with Crippen LogP contribution < -0.4 is 15.1 Å². The minimum absolute atomic E-state index is 0.125. The minimum atomic E-state index is -2.62. The Morgan fingerprint density at radius 1 is 1.19 bits per heavy atom. The molecule has 1 spiro atoms. The van der Waals surface area contributed by atoms with Crippen molar-refractivity contribution in [2.75, 3.05) is 34.8 Å². The number of aromatic nitrogens is 2. The lowest BCUT2D eigenvalue weighted by Gasteiger charge is -2.41. The van der Waals surface area contributed by atoms with E-state index in [1.54, 1.807) is 31.3 Å². The molecule has 1 N–H and O–H groups in total. The number of anilines is 3. The zero-order valence-corrected chi connectivity index (χ0v) is 20.0. The van der Waals surface area contributed by atoms with E-state index in [0.717, 1.165) is 25.9 Å². The largest absolute Gasteiger partial charge is 0.355 e. The maximum atomic E-state index is 15.7. The molecule has 3 aliphatic rings. The number of alkyl halides is 2. The molecular formula is C27H24F3N5O2. The summed E-state index contributed by atoms with van der Waals surface area (Å²) >= 11 is 0. The predicted octanol–water partition coefficient (Wildman–Crippen LogP) is 4.91. The van der Waals surface area contributed by atoms with Crippen LogP contribution in [-0.2, 0) is 9.59 Å². The van der Waals surface area contributed by atoms with E-state index in [1.165, 1.54) is 29.2 Å². The molecular weight excluding hydrogens is 483 g/mol. The molecule has 190 valence electrons. The first kappa shape index (κ1) is 23.4. The van der Waals surface area contributed by atoms with Crippen molar-refractivity contribution in [3.05, 3.63) is 65.9 Å². The van der Waals surface area contributed by atoms with Gasteiger partial charge in [0.2, 0.25) is 17.8 Å². The first-order chi connectivity index (χ1) is 17.7. The average Bonchev–Trinajstić information content (AvgIpc) is 3.67. The van der Waals surface area contributed by atoms with E-state index in [4.69, 9.17) is 0 Å². The standard InChI is InChI=1S/C27H24F3N5O2/c1-15-23-18(3-2-10-31-23)22-19(11-20(33-25(22)30)34-13-27(14-34)8-9-27)35(26(15)37)12-21(36)32-17-6-4-16(5-7-17)24(28)29/h2-7,10-11,15,24H,8-9,12-14H2,1H3,(H,32,36)/t15-/m1/s1. The highest BCUT2D eigenvalue weighted by Gasteiger charge is 2.53. The number of pyridine rings is 2. The first-order valence-electron chi connectivity index (χ1n) is 12.1. The summed E-state index contributed by atoms with van der Waals surface area (Å²) in [5, 5.41) is 2.64. The number of carbonyl (C=O) groups is 2. The predicted molar refractivity (Wildman–Crippen MR) is 132 cm³/mol. The molecule has 2 aromatic heterocycles. The quantitative estimate of drug-likeness (QED) is 0.497. The molecule has 37 heavy (non-hydrogen) atoms. The summed E-state index contributed by atoms with van der Waals surface area (Å²) in [7, 11) is 0. The average molecular weight is 508 g/mol. The lowest BCUT2D eigenvalue weighted by atomic mass is 9.96. The van der Waals surface area contributed by atoms with Crippen LogP contribution in [0.5, 0.6) is 0 Å². The lowest BCUT2D eigenvalue weighted by molar-refractivity contribution is -0.122. The van der Waals surface area contributed by atoms with Gasteiger partial charge in [-0.15, -0.1) is 0 Å². The van der Waals surface area contributed by atoms with Crippen LogP contribution >= 0.6 is 0 Å². The number of nitrogens with zero attached hydrogens (tertiary/aromatic N) is 4.